The first-order chi connectivity index (χ1) is 8.35. The number of carbonyl (C=O) groups excluding carboxylic acids is 1. The topological polar surface area (TPSA) is 69.6 Å². The van der Waals surface area contributed by atoms with Crippen molar-refractivity contribution in [3.05, 3.63) is 0 Å². The number of hydrogen-bond donors (Lipinski definition) is 2. The summed E-state index contributed by atoms with van der Waals surface area (Å²) in [5.74, 6) is -0.840. The van der Waals surface area contributed by atoms with Crippen molar-refractivity contribution in [1.82, 2.24) is 10.2 Å². The summed E-state index contributed by atoms with van der Waals surface area (Å²) in [7, 11) is 0. The summed E-state index contributed by atoms with van der Waals surface area (Å²) in [6, 6.07) is -0.280. The minimum atomic E-state index is -0.840. The molecule has 1 saturated heterocycles. The first-order valence-corrected chi connectivity index (χ1v) is 6.66. The lowest BCUT2D eigenvalue weighted by molar-refractivity contribution is -0.137. The average molecular weight is 256 g/mol. The number of nitrogens with zero attached hydrogens (tertiary/aromatic N) is 1. The predicted molar refractivity (Wildman–Crippen MR) is 69.5 cm³/mol. The summed E-state index contributed by atoms with van der Waals surface area (Å²) in [4.78, 5) is 24.6. The Morgan fingerprint density at radius 3 is 2.67 bits per heavy atom. The standard InChI is InChI=1S/C13H24N2O3/c1-4-7-13(2,3)14-12(18)15-8-5-6-10(15)9-11(16)17/h10H,4-9H2,1-3H3,(H,14,18)(H,16,17). The van der Waals surface area contributed by atoms with Gasteiger partial charge in [-0.3, -0.25) is 4.79 Å². The molecule has 1 unspecified atom stereocenters. The van der Waals surface area contributed by atoms with E-state index in [1.165, 1.54) is 0 Å². The van der Waals surface area contributed by atoms with Crippen LogP contribution >= 0.6 is 0 Å². The van der Waals surface area contributed by atoms with E-state index in [0.717, 1.165) is 25.7 Å². The van der Waals surface area contributed by atoms with Gasteiger partial charge in [0.1, 0.15) is 0 Å². The van der Waals surface area contributed by atoms with Gasteiger partial charge in [0.05, 0.1) is 6.42 Å². The third kappa shape index (κ3) is 4.20. The number of aliphatic carboxylic acids is 1. The average Bonchev–Trinajstić information content (AvgIpc) is 2.63. The highest BCUT2D eigenvalue weighted by atomic mass is 16.4. The molecule has 2 amide bonds. The maximum absolute atomic E-state index is 12.1. The van der Waals surface area contributed by atoms with Crippen LogP contribution in [0.5, 0.6) is 0 Å². The van der Waals surface area contributed by atoms with Crippen LogP contribution in [0.15, 0.2) is 0 Å². The fraction of sp³-hybridized carbons (Fsp3) is 0.846. The fourth-order valence-electron chi connectivity index (χ4n) is 2.57. The normalized spacial score (nSPS) is 19.9. The van der Waals surface area contributed by atoms with Gasteiger partial charge in [0.15, 0.2) is 0 Å². The van der Waals surface area contributed by atoms with E-state index in [2.05, 4.69) is 12.2 Å². The lowest BCUT2D eigenvalue weighted by Crippen LogP contribution is -2.51. The van der Waals surface area contributed by atoms with Gasteiger partial charge < -0.3 is 15.3 Å². The van der Waals surface area contributed by atoms with E-state index in [1.807, 2.05) is 13.8 Å². The van der Waals surface area contributed by atoms with Crippen LogP contribution in [0.4, 0.5) is 4.79 Å². The Hall–Kier alpha value is -1.26. The predicted octanol–water partition coefficient (Wildman–Crippen LogP) is 2.21. The van der Waals surface area contributed by atoms with Gasteiger partial charge in [-0.2, -0.15) is 0 Å². The highest BCUT2D eigenvalue weighted by Gasteiger charge is 2.32. The molecular formula is C13H24N2O3. The second-order valence-electron chi connectivity index (χ2n) is 5.65. The van der Waals surface area contributed by atoms with Crippen LogP contribution in [-0.2, 0) is 4.79 Å². The second kappa shape index (κ2) is 6.07. The van der Waals surface area contributed by atoms with E-state index in [1.54, 1.807) is 4.90 Å². The van der Waals surface area contributed by atoms with Crippen LogP contribution in [0.3, 0.4) is 0 Å². The molecule has 18 heavy (non-hydrogen) atoms. The Kier molecular flexibility index (Phi) is 4.99. The number of hydrogen-bond acceptors (Lipinski definition) is 2. The molecule has 0 aliphatic carbocycles. The summed E-state index contributed by atoms with van der Waals surface area (Å²) < 4.78 is 0. The van der Waals surface area contributed by atoms with E-state index in [-0.39, 0.29) is 24.0 Å². The lowest BCUT2D eigenvalue weighted by atomic mass is 9.99. The summed E-state index contributed by atoms with van der Waals surface area (Å²) >= 11 is 0. The Morgan fingerprint density at radius 1 is 1.44 bits per heavy atom. The van der Waals surface area contributed by atoms with E-state index >= 15 is 0 Å². The molecule has 0 spiro atoms. The number of likely N-dealkylation sites (tertiary alicyclic amines) is 1. The smallest absolute Gasteiger partial charge is 0.318 e. The van der Waals surface area contributed by atoms with Crippen LogP contribution in [0.2, 0.25) is 0 Å². The highest BCUT2D eigenvalue weighted by Crippen LogP contribution is 2.21. The van der Waals surface area contributed by atoms with Gasteiger partial charge in [-0.1, -0.05) is 13.3 Å². The minimum Gasteiger partial charge on any atom is -0.481 e. The summed E-state index contributed by atoms with van der Waals surface area (Å²) in [5.41, 5.74) is -0.234. The van der Waals surface area contributed by atoms with E-state index in [0.29, 0.717) is 6.54 Å². The Morgan fingerprint density at radius 2 is 2.11 bits per heavy atom. The second-order valence-corrected chi connectivity index (χ2v) is 5.65. The van der Waals surface area contributed by atoms with Crippen molar-refractivity contribution in [2.24, 2.45) is 0 Å². The van der Waals surface area contributed by atoms with Crippen molar-refractivity contribution in [2.45, 2.75) is 64.5 Å². The molecule has 5 heteroatoms. The zero-order valence-electron chi connectivity index (χ0n) is 11.5. The maximum Gasteiger partial charge on any atom is 0.318 e. The number of amides is 2. The summed E-state index contributed by atoms with van der Waals surface area (Å²) in [6.45, 7) is 6.73. The van der Waals surface area contributed by atoms with Crippen molar-refractivity contribution in [1.29, 1.82) is 0 Å². The minimum absolute atomic E-state index is 0.0433. The quantitative estimate of drug-likeness (QED) is 0.792. The van der Waals surface area contributed by atoms with Gasteiger partial charge in [-0.05, 0) is 33.1 Å². The molecular weight excluding hydrogens is 232 g/mol. The van der Waals surface area contributed by atoms with Gasteiger partial charge in [-0.15, -0.1) is 0 Å². The number of carboxylic acids is 1. The molecule has 0 radical (unpaired) electrons. The molecule has 0 bridgehead atoms. The molecule has 0 aromatic heterocycles. The molecule has 1 fully saturated rings. The molecule has 5 nitrogen and oxygen atoms in total. The molecule has 0 aromatic rings. The van der Waals surface area contributed by atoms with E-state index in [9.17, 15) is 9.59 Å². The summed E-state index contributed by atoms with van der Waals surface area (Å²) in [6.07, 6.45) is 3.64. The number of carboxylic acid groups (broad SMARTS) is 1. The van der Waals surface area contributed by atoms with E-state index < -0.39 is 5.97 Å². The van der Waals surface area contributed by atoms with Gasteiger partial charge in [-0.25, -0.2) is 4.79 Å². The molecule has 0 aromatic carbocycles. The zero-order chi connectivity index (χ0) is 13.8. The van der Waals surface area contributed by atoms with Crippen LogP contribution in [0, 0.1) is 0 Å². The lowest BCUT2D eigenvalue weighted by Gasteiger charge is -2.31. The largest absolute Gasteiger partial charge is 0.481 e. The van der Waals surface area contributed by atoms with Gasteiger partial charge in [0.2, 0.25) is 0 Å². The molecule has 104 valence electrons. The maximum atomic E-state index is 12.1. The number of rotatable bonds is 5. The highest BCUT2D eigenvalue weighted by molar-refractivity contribution is 5.77. The van der Waals surface area contributed by atoms with Crippen LogP contribution in [-0.4, -0.2) is 40.1 Å². The van der Waals surface area contributed by atoms with E-state index in [4.69, 9.17) is 5.11 Å². The van der Waals surface area contributed by atoms with Crippen molar-refractivity contribution in [2.75, 3.05) is 6.54 Å². The Bertz CT molecular complexity index is 315. The fourth-order valence-corrected chi connectivity index (χ4v) is 2.57. The molecule has 1 atom stereocenters. The third-order valence-corrected chi connectivity index (χ3v) is 3.37. The first-order valence-electron chi connectivity index (χ1n) is 6.66. The van der Waals surface area contributed by atoms with Crippen molar-refractivity contribution >= 4 is 12.0 Å². The van der Waals surface area contributed by atoms with Crippen molar-refractivity contribution < 1.29 is 14.7 Å². The number of urea groups is 1. The van der Waals surface area contributed by atoms with Crippen molar-refractivity contribution in [3.63, 3.8) is 0 Å². The number of nitrogens with one attached hydrogen (secondary N) is 1. The van der Waals surface area contributed by atoms with Gasteiger partial charge in [0.25, 0.3) is 0 Å². The van der Waals surface area contributed by atoms with Crippen molar-refractivity contribution in [3.8, 4) is 0 Å². The number of carbonyl (C=O) groups is 2. The van der Waals surface area contributed by atoms with Gasteiger partial charge in [0, 0.05) is 18.1 Å². The Labute approximate surface area is 109 Å². The van der Waals surface area contributed by atoms with Gasteiger partial charge >= 0.3 is 12.0 Å². The van der Waals surface area contributed by atoms with Crippen LogP contribution in [0.25, 0.3) is 0 Å². The SMILES string of the molecule is CCCC(C)(C)NC(=O)N1CCCC1CC(=O)O. The molecule has 1 aliphatic rings. The molecule has 1 aliphatic heterocycles. The van der Waals surface area contributed by atoms with Crippen LogP contribution < -0.4 is 5.32 Å². The zero-order valence-corrected chi connectivity index (χ0v) is 11.5. The Balaban J connectivity index is 2.57. The van der Waals surface area contributed by atoms with Crippen LogP contribution in [0.1, 0.15) is 52.9 Å². The molecule has 0 saturated carbocycles. The third-order valence-electron chi connectivity index (χ3n) is 3.37. The molecule has 1 rings (SSSR count). The summed E-state index contributed by atoms with van der Waals surface area (Å²) in [5, 5.41) is 11.8. The monoisotopic (exact) mass is 256 g/mol. The molecule has 1 heterocycles. The molecule has 2 N–H and O–H groups in total. The first kappa shape index (κ1) is 14.8.